The smallest absolute Gasteiger partial charge is 0.427 e. The van der Waals surface area contributed by atoms with Crippen LogP contribution in [0.25, 0.3) is 0 Å². The van der Waals surface area contributed by atoms with Gasteiger partial charge in [0.1, 0.15) is 5.75 Å². The molecule has 0 aliphatic carbocycles. The van der Waals surface area contributed by atoms with E-state index in [1.807, 2.05) is 6.92 Å². The Labute approximate surface area is 117 Å². The average molecular weight is 304 g/mol. The Hall–Kier alpha value is -1.63. The van der Waals surface area contributed by atoms with Crippen LogP contribution in [0.3, 0.4) is 0 Å². The van der Waals surface area contributed by atoms with Gasteiger partial charge in [-0.15, -0.1) is 0 Å². The van der Waals surface area contributed by atoms with Crippen LogP contribution in [-0.4, -0.2) is 19.3 Å². The molecule has 1 aliphatic rings. The van der Waals surface area contributed by atoms with Crippen LogP contribution < -0.4 is 4.74 Å². The van der Waals surface area contributed by atoms with E-state index in [9.17, 15) is 18.0 Å². The molecule has 1 aromatic rings. The van der Waals surface area contributed by atoms with Crippen LogP contribution in [0, 0.1) is 13.8 Å². The molecule has 1 heterocycles. The molecule has 0 saturated carbocycles. The minimum atomic E-state index is -4.83. The van der Waals surface area contributed by atoms with Crippen molar-refractivity contribution in [2.75, 3.05) is 7.11 Å². The second kappa shape index (κ2) is 5.05. The normalized spacial score (nSPS) is 16.5. The molecule has 7 heteroatoms. The highest BCUT2D eigenvalue weighted by atomic mass is 32.2. The zero-order valence-electron chi connectivity index (χ0n) is 10.9. The van der Waals surface area contributed by atoms with Gasteiger partial charge in [0.25, 0.3) is 0 Å². The lowest BCUT2D eigenvalue weighted by Crippen LogP contribution is -2.23. The zero-order chi connectivity index (χ0) is 15.1. The van der Waals surface area contributed by atoms with Gasteiger partial charge in [0.15, 0.2) is 10.7 Å². The van der Waals surface area contributed by atoms with Crippen LogP contribution in [0.5, 0.6) is 5.75 Å². The number of thioether (sulfide) groups is 1. The largest absolute Gasteiger partial charge is 0.465 e. The number of hydrogen-bond acceptors (Lipinski definition) is 4. The maximum absolute atomic E-state index is 13.0. The number of ether oxygens (including phenoxy) is 2. The first-order chi connectivity index (χ1) is 9.24. The van der Waals surface area contributed by atoms with Crippen molar-refractivity contribution in [1.82, 2.24) is 0 Å². The molecule has 1 aliphatic heterocycles. The van der Waals surface area contributed by atoms with Crippen molar-refractivity contribution in [3.05, 3.63) is 33.9 Å². The SMILES string of the molecule is COC(=O)C(=C1Oc2c(C)cc(C)cc2S1)C(F)(F)F. The first-order valence-corrected chi connectivity index (χ1v) is 6.42. The average Bonchev–Trinajstić information content (AvgIpc) is 2.70. The zero-order valence-corrected chi connectivity index (χ0v) is 11.7. The van der Waals surface area contributed by atoms with E-state index in [2.05, 4.69) is 4.74 Å². The van der Waals surface area contributed by atoms with Crippen molar-refractivity contribution in [2.45, 2.75) is 24.9 Å². The number of halogens is 3. The van der Waals surface area contributed by atoms with Crippen molar-refractivity contribution in [3.8, 4) is 5.75 Å². The van der Waals surface area contributed by atoms with Crippen LogP contribution in [0.4, 0.5) is 13.2 Å². The number of aryl methyl sites for hydroxylation is 2. The Morgan fingerprint density at radius 1 is 1.30 bits per heavy atom. The third-order valence-electron chi connectivity index (χ3n) is 2.66. The maximum Gasteiger partial charge on any atom is 0.427 e. The first kappa shape index (κ1) is 14.8. The third kappa shape index (κ3) is 2.63. The van der Waals surface area contributed by atoms with Gasteiger partial charge in [0, 0.05) is 0 Å². The summed E-state index contributed by atoms with van der Waals surface area (Å²) in [5.41, 5.74) is 0.206. The Balaban J connectivity index is 2.52. The van der Waals surface area contributed by atoms with Crippen molar-refractivity contribution in [2.24, 2.45) is 0 Å². The van der Waals surface area contributed by atoms with Gasteiger partial charge in [-0.25, -0.2) is 4.79 Å². The quantitative estimate of drug-likeness (QED) is 0.585. The molecule has 0 atom stereocenters. The van der Waals surface area contributed by atoms with Gasteiger partial charge in [-0.05, 0) is 42.8 Å². The lowest BCUT2D eigenvalue weighted by Gasteiger charge is -2.11. The van der Waals surface area contributed by atoms with E-state index in [1.54, 1.807) is 19.1 Å². The van der Waals surface area contributed by atoms with Crippen LogP contribution in [0.2, 0.25) is 0 Å². The lowest BCUT2D eigenvalue weighted by atomic mass is 10.1. The summed E-state index contributed by atoms with van der Waals surface area (Å²) in [4.78, 5) is 11.9. The van der Waals surface area contributed by atoms with Crippen LogP contribution >= 0.6 is 11.8 Å². The highest BCUT2D eigenvalue weighted by Crippen LogP contribution is 2.49. The predicted octanol–water partition coefficient (Wildman–Crippen LogP) is 3.73. The molecule has 0 saturated heterocycles. The van der Waals surface area contributed by atoms with E-state index in [-0.39, 0.29) is 0 Å². The van der Waals surface area contributed by atoms with Crippen LogP contribution in [0.1, 0.15) is 11.1 Å². The molecule has 0 N–H and O–H groups in total. The highest BCUT2D eigenvalue weighted by Gasteiger charge is 2.45. The molecule has 0 aromatic heterocycles. The fourth-order valence-electron chi connectivity index (χ4n) is 1.85. The van der Waals surface area contributed by atoms with Crippen molar-refractivity contribution in [3.63, 3.8) is 0 Å². The summed E-state index contributed by atoms with van der Waals surface area (Å²) in [7, 11) is 0.900. The number of hydrogen-bond donors (Lipinski definition) is 0. The molecule has 0 unspecified atom stereocenters. The van der Waals surface area contributed by atoms with E-state index in [0.29, 0.717) is 16.2 Å². The molecule has 2 rings (SSSR count). The van der Waals surface area contributed by atoms with Gasteiger partial charge >= 0.3 is 12.1 Å². The van der Waals surface area contributed by atoms with Gasteiger partial charge in [0.2, 0.25) is 0 Å². The summed E-state index contributed by atoms with van der Waals surface area (Å²) in [6.07, 6.45) is -4.83. The topological polar surface area (TPSA) is 35.5 Å². The number of fused-ring (bicyclic) bond motifs is 1. The minimum absolute atomic E-state index is 0.348. The highest BCUT2D eigenvalue weighted by molar-refractivity contribution is 8.03. The number of carbonyl (C=O) groups is 1. The molecule has 108 valence electrons. The van der Waals surface area contributed by atoms with E-state index in [1.165, 1.54) is 0 Å². The molecule has 1 aromatic carbocycles. The molecule has 0 fully saturated rings. The van der Waals surface area contributed by atoms with Crippen LogP contribution in [0.15, 0.2) is 27.7 Å². The summed E-state index contributed by atoms with van der Waals surface area (Å²) in [6, 6.07) is 3.51. The van der Waals surface area contributed by atoms with Gasteiger partial charge in [-0.1, -0.05) is 6.07 Å². The van der Waals surface area contributed by atoms with Crippen LogP contribution in [-0.2, 0) is 9.53 Å². The number of esters is 1. The number of carbonyl (C=O) groups excluding carboxylic acids is 1. The summed E-state index contributed by atoms with van der Waals surface area (Å²) in [5, 5.41) is -0.493. The first-order valence-electron chi connectivity index (χ1n) is 5.60. The third-order valence-corrected chi connectivity index (χ3v) is 3.66. The second-order valence-electron chi connectivity index (χ2n) is 4.27. The van der Waals surface area contributed by atoms with E-state index < -0.39 is 22.8 Å². The summed E-state index contributed by atoms with van der Waals surface area (Å²) < 4.78 is 48.3. The second-order valence-corrected chi connectivity index (χ2v) is 5.28. The van der Waals surface area contributed by atoms with Crippen molar-refractivity contribution < 1.29 is 27.4 Å². The van der Waals surface area contributed by atoms with Gasteiger partial charge in [-0.3, -0.25) is 0 Å². The minimum Gasteiger partial charge on any atom is -0.465 e. The number of methoxy groups -OCH3 is 1. The lowest BCUT2D eigenvalue weighted by molar-refractivity contribution is -0.148. The van der Waals surface area contributed by atoms with Gasteiger partial charge in [-0.2, -0.15) is 13.2 Å². The molecule has 0 amide bonds. The Morgan fingerprint density at radius 3 is 2.50 bits per heavy atom. The summed E-state index contributed by atoms with van der Waals surface area (Å²) in [6.45, 7) is 3.57. The molecular formula is C13H11F3O3S. The molecule has 0 radical (unpaired) electrons. The Kier molecular flexibility index (Phi) is 3.73. The number of benzene rings is 1. The summed E-state index contributed by atoms with van der Waals surface area (Å²) in [5.74, 6) is -1.11. The van der Waals surface area contributed by atoms with E-state index in [0.717, 1.165) is 24.4 Å². The van der Waals surface area contributed by atoms with Crippen molar-refractivity contribution >= 4 is 17.7 Å². The predicted molar refractivity (Wildman–Crippen MR) is 67.5 cm³/mol. The molecule has 20 heavy (non-hydrogen) atoms. The fourth-order valence-corrected chi connectivity index (χ4v) is 3.02. The monoisotopic (exact) mass is 304 g/mol. The van der Waals surface area contributed by atoms with E-state index in [4.69, 9.17) is 4.74 Å². The van der Waals surface area contributed by atoms with Crippen molar-refractivity contribution in [1.29, 1.82) is 0 Å². The Morgan fingerprint density at radius 2 is 1.95 bits per heavy atom. The summed E-state index contributed by atoms with van der Waals surface area (Å²) >= 11 is 0.780. The fraction of sp³-hybridized carbons (Fsp3) is 0.308. The van der Waals surface area contributed by atoms with E-state index >= 15 is 0 Å². The van der Waals surface area contributed by atoms with Gasteiger partial charge < -0.3 is 9.47 Å². The number of rotatable bonds is 1. The standard InChI is InChI=1S/C13H11F3O3S/c1-6-4-7(2)10-8(5-6)20-12(19-10)9(11(17)18-3)13(14,15)16/h4-5H,1-3H3. The maximum atomic E-state index is 13.0. The molecule has 3 nitrogen and oxygen atoms in total. The molecular weight excluding hydrogens is 293 g/mol. The van der Waals surface area contributed by atoms with Gasteiger partial charge in [0.05, 0.1) is 12.0 Å². The molecule has 0 bridgehead atoms. The Bertz CT molecular complexity index is 606. The molecule has 0 spiro atoms. The number of alkyl halides is 3.